The average Bonchev–Trinajstić information content (AvgIpc) is 2.15. The Morgan fingerprint density at radius 2 is 2.29 bits per heavy atom. The van der Waals surface area contributed by atoms with Gasteiger partial charge in [-0.25, -0.2) is 0 Å². The first-order valence-electron chi connectivity index (χ1n) is 4.18. The van der Waals surface area contributed by atoms with Crippen molar-refractivity contribution in [2.24, 2.45) is 0 Å². The number of ether oxygens (including phenoxy) is 1. The maximum absolute atomic E-state index is 10.8. The topological polar surface area (TPSA) is 43.4 Å². The van der Waals surface area contributed by atoms with Crippen molar-refractivity contribution < 1.29 is 13.2 Å². The van der Waals surface area contributed by atoms with Crippen molar-refractivity contribution in [3.8, 4) is 0 Å². The van der Waals surface area contributed by atoms with Crippen LogP contribution in [-0.2, 0) is 15.0 Å². The van der Waals surface area contributed by atoms with Gasteiger partial charge in [0, 0.05) is 0 Å². The molecule has 76 valence electrons. The van der Waals surface area contributed by atoms with E-state index in [-0.39, 0.29) is 4.86 Å². The van der Waals surface area contributed by atoms with Gasteiger partial charge >= 0.3 is 0 Å². The fourth-order valence-corrected chi connectivity index (χ4v) is 1.55. The highest BCUT2D eigenvalue weighted by atomic mass is 32.2. The number of hydrogen-bond donors (Lipinski definition) is 0. The summed E-state index contributed by atoms with van der Waals surface area (Å²) in [6, 6.07) is 0. The van der Waals surface area contributed by atoms with Crippen LogP contribution in [0.5, 0.6) is 0 Å². The van der Waals surface area contributed by atoms with Crippen molar-refractivity contribution >= 4 is 15.2 Å². The third-order valence-electron chi connectivity index (χ3n) is 1.64. The van der Waals surface area contributed by atoms with Gasteiger partial charge in [0.15, 0.2) is 0 Å². The Kier molecular flexibility index (Phi) is 3.85. The highest BCUT2D eigenvalue weighted by Crippen LogP contribution is 2.06. The molecule has 0 heterocycles. The smallest absolute Gasteiger partial charge is 0.220 e. The molecule has 3 nitrogen and oxygen atoms in total. The summed E-state index contributed by atoms with van der Waals surface area (Å²) in [7, 11) is -2.22. The van der Waals surface area contributed by atoms with Gasteiger partial charge in [-0.05, 0) is 13.0 Å². The van der Waals surface area contributed by atoms with E-state index >= 15 is 0 Å². The van der Waals surface area contributed by atoms with Crippen LogP contribution < -0.4 is 0 Å². The number of allylic oxidation sites excluding steroid dienone is 2. The van der Waals surface area contributed by atoms with Gasteiger partial charge in [0.25, 0.3) is 0 Å². The lowest BCUT2D eigenvalue weighted by Crippen LogP contribution is -2.23. The Morgan fingerprint density at radius 3 is 2.86 bits per heavy atom. The number of rotatable bonds is 3. The molecule has 1 rings (SSSR count). The summed E-state index contributed by atoms with van der Waals surface area (Å²) in [4.78, 5) is 0.258. The van der Waals surface area contributed by atoms with Crippen molar-refractivity contribution in [1.29, 1.82) is 0 Å². The Labute approximate surface area is 84.9 Å². The van der Waals surface area contributed by atoms with E-state index in [4.69, 9.17) is 4.74 Å². The second-order valence-corrected chi connectivity index (χ2v) is 4.01. The number of hydrogen-bond acceptors (Lipinski definition) is 3. The van der Waals surface area contributed by atoms with Gasteiger partial charge < -0.3 is 4.74 Å². The minimum atomic E-state index is -2.22. The minimum absolute atomic E-state index is 0.258. The maximum Gasteiger partial charge on any atom is 0.220 e. The Balaban J connectivity index is 2.78. The van der Waals surface area contributed by atoms with Crippen LogP contribution in [0.3, 0.4) is 0 Å². The fourth-order valence-electron chi connectivity index (χ4n) is 1.03. The molecule has 4 heteroatoms. The van der Waals surface area contributed by atoms with Crippen molar-refractivity contribution in [3.63, 3.8) is 0 Å². The van der Waals surface area contributed by atoms with Gasteiger partial charge in [0.1, 0.15) is 11.0 Å². The van der Waals surface area contributed by atoms with Crippen LogP contribution in [0.1, 0.15) is 6.92 Å². The van der Waals surface area contributed by atoms with Crippen LogP contribution in [0, 0.1) is 0 Å². The quantitative estimate of drug-likeness (QED) is 0.520. The molecule has 0 bridgehead atoms. The second-order valence-electron chi connectivity index (χ2n) is 3.07. The summed E-state index contributed by atoms with van der Waals surface area (Å²) in [5.74, 6) is 0. The largest absolute Gasteiger partial charge is 0.364 e. The molecular formula is C10H12O3S. The minimum Gasteiger partial charge on any atom is -0.364 e. The van der Waals surface area contributed by atoms with Crippen molar-refractivity contribution in [3.05, 3.63) is 36.5 Å². The highest BCUT2D eigenvalue weighted by Gasteiger charge is 2.14. The molecule has 0 aromatic heterocycles. The SMILES string of the molecule is C=C(C)COC1C=CC=CC1=S(=O)=O. The van der Waals surface area contributed by atoms with Crippen molar-refractivity contribution in [2.75, 3.05) is 6.61 Å². The van der Waals surface area contributed by atoms with E-state index in [1.807, 2.05) is 6.92 Å². The Hall–Kier alpha value is -1.13. The molecular weight excluding hydrogens is 200 g/mol. The summed E-state index contributed by atoms with van der Waals surface area (Å²) in [5.41, 5.74) is 0.865. The predicted octanol–water partition coefficient (Wildman–Crippen LogP) is 1.13. The van der Waals surface area contributed by atoms with Crippen LogP contribution in [0.4, 0.5) is 0 Å². The van der Waals surface area contributed by atoms with Crippen LogP contribution in [0.2, 0.25) is 0 Å². The molecule has 1 aliphatic carbocycles. The van der Waals surface area contributed by atoms with Gasteiger partial charge in [-0.2, -0.15) is 8.42 Å². The van der Waals surface area contributed by atoms with E-state index in [1.165, 1.54) is 6.08 Å². The molecule has 0 saturated carbocycles. The summed E-state index contributed by atoms with van der Waals surface area (Å²) >= 11 is 0. The Bertz CT molecular complexity index is 405. The van der Waals surface area contributed by atoms with Crippen molar-refractivity contribution in [1.82, 2.24) is 0 Å². The van der Waals surface area contributed by atoms with Crippen LogP contribution >= 0.6 is 0 Å². The zero-order valence-electron chi connectivity index (χ0n) is 7.93. The molecule has 14 heavy (non-hydrogen) atoms. The lowest BCUT2D eigenvalue weighted by molar-refractivity contribution is 0.150. The van der Waals surface area contributed by atoms with Gasteiger partial charge in [-0.3, -0.25) is 0 Å². The molecule has 0 aromatic rings. The van der Waals surface area contributed by atoms with Gasteiger partial charge in [-0.1, -0.05) is 30.4 Å². The van der Waals surface area contributed by atoms with E-state index in [9.17, 15) is 8.42 Å². The third kappa shape index (κ3) is 2.97. The average molecular weight is 212 g/mol. The molecule has 0 aromatic carbocycles. The first-order chi connectivity index (χ1) is 6.61. The monoisotopic (exact) mass is 212 g/mol. The molecule has 1 unspecified atom stereocenters. The molecule has 0 spiro atoms. The third-order valence-corrected chi connectivity index (χ3v) is 2.39. The lowest BCUT2D eigenvalue weighted by Gasteiger charge is -2.14. The van der Waals surface area contributed by atoms with E-state index in [2.05, 4.69) is 6.58 Å². The molecule has 1 atom stereocenters. The summed E-state index contributed by atoms with van der Waals surface area (Å²) in [6.45, 7) is 5.87. The maximum atomic E-state index is 10.8. The standard InChI is InChI=1S/C10H12O3S/c1-8(2)7-13-9-5-3-4-6-10(9)14(11)12/h3-6,9H,1,7H2,2H3. The van der Waals surface area contributed by atoms with Gasteiger partial charge in [0.05, 0.1) is 6.61 Å². The molecule has 0 amide bonds. The van der Waals surface area contributed by atoms with E-state index in [0.29, 0.717) is 6.61 Å². The summed E-state index contributed by atoms with van der Waals surface area (Å²) < 4.78 is 26.9. The van der Waals surface area contributed by atoms with E-state index < -0.39 is 16.4 Å². The molecule has 0 N–H and O–H groups in total. The first kappa shape index (κ1) is 10.9. The van der Waals surface area contributed by atoms with Crippen LogP contribution in [-0.4, -0.2) is 26.0 Å². The van der Waals surface area contributed by atoms with Gasteiger partial charge in [0.2, 0.25) is 10.3 Å². The summed E-state index contributed by atoms with van der Waals surface area (Å²) in [6.07, 6.45) is 6.20. The van der Waals surface area contributed by atoms with Crippen LogP contribution in [0.15, 0.2) is 36.5 Å². The summed E-state index contributed by atoms with van der Waals surface area (Å²) in [5, 5.41) is 0. The van der Waals surface area contributed by atoms with Crippen LogP contribution in [0.25, 0.3) is 0 Å². The van der Waals surface area contributed by atoms with E-state index in [1.54, 1.807) is 18.2 Å². The zero-order valence-corrected chi connectivity index (χ0v) is 8.75. The van der Waals surface area contributed by atoms with Gasteiger partial charge in [-0.15, -0.1) is 0 Å². The molecule has 0 fully saturated rings. The van der Waals surface area contributed by atoms with Crippen molar-refractivity contribution in [2.45, 2.75) is 13.0 Å². The van der Waals surface area contributed by atoms with E-state index in [0.717, 1.165) is 5.57 Å². The fraction of sp³-hybridized carbons (Fsp3) is 0.300. The normalized spacial score (nSPS) is 19.8. The molecule has 0 aliphatic heterocycles. The second kappa shape index (κ2) is 4.93. The lowest BCUT2D eigenvalue weighted by atomic mass is 10.1. The highest BCUT2D eigenvalue weighted by molar-refractivity contribution is 7.73. The molecule has 0 radical (unpaired) electrons. The zero-order chi connectivity index (χ0) is 10.6. The Morgan fingerprint density at radius 1 is 1.57 bits per heavy atom. The predicted molar refractivity (Wildman–Crippen MR) is 56.8 cm³/mol. The first-order valence-corrected chi connectivity index (χ1v) is 5.25. The molecule has 1 aliphatic rings. The molecule has 0 saturated heterocycles.